The van der Waals surface area contributed by atoms with Gasteiger partial charge in [0.15, 0.2) is 5.75 Å². The van der Waals surface area contributed by atoms with Crippen LogP contribution in [-0.2, 0) is 0 Å². The fourth-order valence-electron chi connectivity index (χ4n) is 2.42. The fourth-order valence-corrected chi connectivity index (χ4v) is 2.42. The molecule has 0 spiro atoms. The van der Waals surface area contributed by atoms with Gasteiger partial charge in [-0.15, -0.1) is 0 Å². The Hall–Kier alpha value is -1.88. The number of rotatable bonds is 4. The van der Waals surface area contributed by atoms with Crippen LogP contribution in [0.15, 0.2) is 24.3 Å². The molecule has 1 saturated heterocycles. The molecule has 1 aliphatic rings. The molecule has 108 valence electrons. The SMILES string of the molecule is COc1ccc(C=CC2CCN(C)CC2)cc1[N+](=O)[O-]. The van der Waals surface area contributed by atoms with Crippen LogP contribution in [0.2, 0.25) is 0 Å². The van der Waals surface area contributed by atoms with Crippen molar-refractivity contribution >= 4 is 11.8 Å². The molecule has 1 fully saturated rings. The van der Waals surface area contributed by atoms with Crippen molar-refractivity contribution in [2.45, 2.75) is 12.8 Å². The second-order valence-corrected chi connectivity index (χ2v) is 5.19. The predicted octanol–water partition coefficient (Wildman–Crippen LogP) is 2.96. The molecule has 1 aromatic rings. The average molecular weight is 276 g/mol. The minimum atomic E-state index is -0.411. The maximum absolute atomic E-state index is 11.0. The molecule has 0 aromatic heterocycles. The fraction of sp³-hybridized carbons (Fsp3) is 0.467. The van der Waals surface area contributed by atoms with Crippen molar-refractivity contribution < 1.29 is 9.66 Å². The first-order valence-electron chi connectivity index (χ1n) is 6.79. The first kappa shape index (κ1) is 14.5. The minimum Gasteiger partial charge on any atom is -0.490 e. The van der Waals surface area contributed by atoms with Gasteiger partial charge in [0.25, 0.3) is 0 Å². The van der Waals surface area contributed by atoms with Crippen LogP contribution in [0.25, 0.3) is 6.08 Å². The number of allylic oxidation sites excluding steroid dienone is 1. The molecule has 5 heteroatoms. The van der Waals surface area contributed by atoms with Crippen molar-refractivity contribution in [3.8, 4) is 5.75 Å². The van der Waals surface area contributed by atoms with Gasteiger partial charge in [0.2, 0.25) is 0 Å². The molecule has 20 heavy (non-hydrogen) atoms. The Morgan fingerprint density at radius 2 is 2.10 bits per heavy atom. The van der Waals surface area contributed by atoms with E-state index < -0.39 is 4.92 Å². The molecular formula is C15H20N2O3. The zero-order valence-electron chi connectivity index (χ0n) is 11.9. The number of benzene rings is 1. The summed E-state index contributed by atoms with van der Waals surface area (Å²) in [6.07, 6.45) is 6.43. The monoisotopic (exact) mass is 276 g/mol. The Labute approximate surface area is 119 Å². The second-order valence-electron chi connectivity index (χ2n) is 5.19. The van der Waals surface area contributed by atoms with Crippen LogP contribution in [0.5, 0.6) is 5.75 Å². The summed E-state index contributed by atoms with van der Waals surface area (Å²) in [5.74, 6) is 0.860. The largest absolute Gasteiger partial charge is 0.490 e. The lowest BCUT2D eigenvalue weighted by Crippen LogP contribution is -2.29. The molecule has 0 amide bonds. The molecular weight excluding hydrogens is 256 g/mol. The van der Waals surface area contributed by atoms with Crippen molar-refractivity contribution in [2.75, 3.05) is 27.2 Å². The highest BCUT2D eigenvalue weighted by molar-refractivity contribution is 5.58. The summed E-state index contributed by atoms with van der Waals surface area (Å²) in [6.45, 7) is 2.22. The molecule has 0 unspecified atom stereocenters. The number of methoxy groups -OCH3 is 1. The number of nitrogens with zero attached hydrogens (tertiary/aromatic N) is 2. The van der Waals surface area contributed by atoms with Gasteiger partial charge in [-0.1, -0.05) is 18.2 Å². The number of piperidine rings is 1. The molecule has 0 N–H and O–H groups in total. The number of nitro groups is 1. The Kier molecular flexibility index (Phi) is 4.74. The van der Waals surface area contributed by atoms with Crippen molar-refractivity contribution in [3.05, 3.63) is 40.0 Å². The van der Waals surface area contributed by atoms with Gasteiger partial charge in [-0.2, -0.15) is 0 Å². The summed E-state index contributed by atoms with van der Waals surface area (Å²) >= 11 is 0. The minimum absolute atomic E-state index is 0.0121. The van der Waals surface area contributed by atoms with E-state index >= 15 is 0 Å². The summed E-state index contributed by atoms with van der Waals surface area (Å²) in [4.78, 5) is 12.9. The van der Waals surface area contributed by atoms with Crippen molar-refractivity contribution in [2.24, 2.45) is 5.92 Å². The van der Waals surface area contributed by atoms with E-state index in [2.05, 4.69) is 18.0 Å². The summed E-state index contributed by atoms with van der Waals surface area (Å²) in [5, 5.41) is 11.0. The zero-order valence-corrected chi connectivity index (χ0v) is 11.9. The van der Waals surface area contributed by atoms with Crippen LogP contribution in [0.1, 0.15) is 18.4 Å². The number of likely N-dealkylation sites (tertiary alicyclic amines) is 1. The van der Waals surface area contributed by atoms with Gasteiger partial charge in [-0.25, -0.2) is 0 Å². The van der Waals surface area contributed by atoms with E-state index in [9.17, 15) is 10.1 Å². The van der Waals surface area contributed by atoms with Crippen LogP contribution in [0.4, 0.5) is 5.69 Å². The van der Waals surface area contributed by atoms with Gasteiger partial charge in [-0.05, 0) is 50.5 Å². The third-order valence-corrected chi connectivity index (χ3v) is 3.72. The smallest absolute Gasteiger partial charge is 0.311 e. The third kappa shape index (κ3) is 3.57. The number of ether oxygens (including phenoxy) is 1. The van der Waals surface area contributed by atoms with Crippen LogP contribution >= 0.6 is 0 Å². The van der Waals surface area contributed by atoms with Gasteiger partial charge in [0.05, 0.1) is 12.0 Å². The molecule has 1 heterocycles. The Morgan fingerprint density at radius 3 is 2.70 bits per heavy atom. The number of hydrogen-bond acceptors (Lipinski definition) is 4. The van der Waals surface area contributed by atoms with Gasteiger partial charge in [0, 0.05) is 6.07 Å². The van der Waals surface area contributed by atoms with E-state index in [4.69, 9.17) is 4.74 Å². The quantitative estimate of drug-likeness (QED) is 0.626. The van der Waals surface area contributed by atoms with Crippen molar-refractivity contribution in [3.63, 3.8) is 0 Å². The van der Waals surface area contributed by atoms with Gasteiger partial charge in [-0.3, -0.25) is 10.1 Å². The predicted molar refractivity (Wildman–Crippen MR) is 78.9 cm³/mol. The van der Waals surface area contributed by atoms with Gasteiger partial charge >= 0.3 is 5.69 Å². The van der Waals surface area contributed by atoms with Crippen molar-refractivity contribution in [1.29, 1.82) is 0 Å². The summed E-state index contributed by atoms with van der Waals surface area (Å²) < 4.78 is 5.00. The molecule has 0 saturated carbocycles. The maximum atomic E-state index is 11.0. The van der Waals surface area contributed by atoms with E-state index in [1.807, 2.05) is 12.1 Å². The highest BCUT2D eigenvalue weighted by atomic mass is 16.6. The molecule has 1 aliphatic heterocycles. The van der Waals surface area contributed by atoms with E-state index in [0.717, 1.165) is 31.5 Å². The van der Waals surface area contributed by atoms with Gasteiger partial charge < -0.3 is 9.64 Å². The molecule has 0 radical (unpaired) electrons. The summed E-state index contributed by atoms with van der Waals surface area (Å²) in [5.41, 5.74) is 0.856. The first-order valence-corrected chi connectivity index (χ1v) is 6.79. The van der Waals surface area contributed by atoms with E-state index in [0.29, 0.717) is 11.7 Å². The highest BCUT2D eigenvalue weighted by Crippen LogP contribution is 2.28. The van der Waals surface area contributed by atoms with Crippen LogP contribution in [0, 0.1) is 16.0 Å². The third-order valence-electron chi connectivity index (χ3n) is 3.72. The molecule has 1 aromatic carbocycles. The highest BCUT2D eigenvalue weighted by Gasteiger charge is 2.16. The lowest BCUT2D eigenvalue weighted by molar-refractivity contribution is -0.385. The molecule has 0 bridgehead atoms. The van der Waals surface area contributed by atoms with Crippen LogP contribution in [0.3, 0.4) is 0 Å². The lowest BCUT2D eigenvalue weighted by Gasteiger charge is -2.26. The average Bonchev–Trinajstić information content (AvgIpc) is 2.46. The molecule has 0 aliphatic carbocycles. The lowest BCUT2D eigenvalue weighted by atomic mass is 9.96. The van der Waals surface area contributed by atoms with E-state index in [-0.39, 0.29) is 5.69 Å². The Bertz CT molecular complexity index is 506. The second kappa shape index (κ2) is 6.52. The molecule has 2 rings (SSSR count). The molecule has 5 nitrogen and oxygen atoms in total. The Morgan fingerprint density at radius 1 is 1.40 bits per heavy atom. The van der Waals surface area contributed by atoms with Crippen LogP contribution in [-0.4, -0.2) is 37.1 Å². The number of hydrogen-bond donors (Lipinski definition) is 0. The topological polar surface area (TPSA) is 55.6 Å². The van der Waals surface area contributed by atoms with E-state index in [1.54, 1.807) is 12.1 Å². The van der Waals surface area contributed by atoms with Crippen molar-refractivity contribution in [1.82, 2.24) is 4.90 Å². The zero-order chi connectivity index (χ0) is 14.5. The normalized spacial score (nSPS) is 17.5. The maximum Gasteiger partial charge on any atom is 0.311 e. The summed E-state index contributed by atoms with van der Waals surface area (Å²) in [6, 6.07) is 5.05. The van der Waals surface area contributed by atoms with Gasteiger partial charge in [0.1, 0.15) is 0 Å². The molecule has 0 atom stereocenters. The first-order chi connectivity index (χ1) is 9.60. The Balaban J connectivity index is 2.09. The standard InChI is InChI=1S/C15H20N2O3/c1-16-9-7-12(8-10-16)3-4-13-5-6-15(20-2)14(11-13)17(18)19/h3-6,11-12H,7-10H2,1-2H3. The van der Waals surface area contributed by atoms with Crippen LogP contribution < -0.4 is 4.74 Å². The number of nitro benzene ring substituents is 1. The van der Waals surface area contributed by atoms with E-state index in [1.165, 1.54) is 7.11 Å². The summed E-state index contributed by atoms with van der Waals surface area (Å²) in [7, 11) is 3.57.